The Labute approximate surface area is 160 Å². The Kier molecular flexibility index (Phi) is 7.03. The van der Waals surface area contributed by atoms with Gasteiger partial charge in [-0.2, -0.15) is 13.2 Å². The summed E-state index contributed by atoms with van der Waals surface area (Å²) < 4.78 is 51.9. The van der Waals surface area contributed by atoms with Crippen molar-refractivity contribution in [3.8, 4) is 5.75 Å². The van der Waals surface area contributed by atoms with Crippen LogP contribution in [0.4, 0.5) is 13.2 Å². The SMILES string of the molecule is COCCOc1ccccc1C(=O)NCCC(O)(c1nccn1C)C(F)(F)F. The summed E-state index contributed by atoms with van der Waals surface area (Å²) in [6.45, 7) is 0.111. The average molecular weight is 401 g/mol. The monoisotopic (exact) mass is 401 g/mol. The summed E-state index contributed by atoms with van der Waals surface area (Å²) in [5.41, 5.74) is -3.02. The zero-order chi connectivity index (χ0) is 20.8. The number of aliphatic hydroxyl groups is 1. The van der Waals surface area contributed by atoms with E-state index in [-0.39, 0.29) is 17.9 Å². The van der Waals surface area contributed by atoms with Crippen molar-refractivity contribution in [3.05, 3.63) is 48.0 Å². The molecule has 0 fully saturated rings. The van der Waals surface area contributed by atoms with E-state index in [1.807, 2.05) is 0 Å². The van der Waals surface area contributed by atoms with Crippen LogP contribution in [-0.2, 0) is 17.4 Å². The summed E-state index contributed by atoms with van der Waals surface area (Å²) in [5, 5.41) is 12.7. The number of imidazole rings is 1. The molecule has 0 aliphatic heterocycles. The van der Waals surface area contributed by atoms with Gasteiger partial charge in [-0.3, -0.25) is 4.79 Å². The van der Waals surface area contributed by atoms with Crippen LogP contribution in [0, 0.1) is 0 Å². The summed E-state index contributed by atoms with van der Waals surface area (Å²) in [4.78, 5) is 16.0. The standard InChI is InChI=1S/C18H22F3N3O4/c1-24-10-9-23-16(24)17(26,18(19,20)21)7-8-22-15(25)13-5-3-4-6-14(13)28-12-11-27-2/h3-6,9-10,26H,7-8,11-12H2,1-2H3,(H,22,25). The largest absolute Gasteiger partial charge is 0.490 e. The van der Waals surface area contributed by atoms with Crippen molar-refractivity contribution in [2.24, 2.45) is 7.05 Å². The number of alkyl halides is 3. The van der Waals surface area contributed by atoms with Crippen LogP contribution >= 0.6 is 0 Å². The number of amides is 1. The van der Waals surface area contributed by atoms with E-state index < -0.39 is 36.5 Å². The van der Waals surface area contributed by atoms with Crippen LogP contribution in [0.15, 0.2) is 36.7 Å². The molecule has 0 bridgehead atoms. The van der Waals surface area contributed by atoms with E-state index in [0.29, 0.717) is 6.61 Å². The highest BCUT2D eigenvalue weighted by Gasteiger charge is 2.57. The van der Waals surface area contributed by atoms with Crippen LogP contribution in [0.5, 0.6) is 5.75 Å². The van der Waals surface area contributed by atoms with Gasteiger partial charge in [0.2, 0.25) is 5.60 Å². The van der Waals surface area contributed by atoms with E-state index in [0.717, 1.165) is 10.8 Å². The van der Waals surface area contributed by atoms with Crippen molar-refractivity contribution in [2.75, 3.05) is 26.9 Å². The van der Waals surface area contributed by atoms with E-state index in [4.69, 9.17) is 9.47 Å². The first-order valence-electron chi connectivity index (χ1n) is 8.46. The van der Waals surface area contributed by atoms with E-state index >= 15 is 0 Å². The number of nitrogens with one attached hydrogen (secondary N) is 1. The Morgan fingerprint density at radius 1 is 1.29 bits per heavy atom. The number of carbonyl (C=O) groups excluding carboxylic acids is 1. The number of ether oxygens (including phenoxy) is 2. The van der Waals surface area contributed by atoms with Crippen LogP contribution in [-0.4, -0.2) is 53.6 Å². The van der Waals surface area contributed by atoms with Crippen molar-refractivity contribution in [1.29, 1.82) is 0 Å². The lowest BCUT2D eigenvalue weighted by Crippen LogP contribution is -2.46. The summed E-state index contributed by atoms with van der Waals surface area (Å²) in [7, 11) is 2.86. The Morgan fingerprint density at radius 3 is 2.61 bits per heavy atom. The molecule has 1 heterocycles. The Morgan fingerprint density at radius 2 is 2.00 bits per heavy atom. The van der Waals surface area contributed by atoms with Gasteiger partial charge >= 0.3 is 6.18 Å². The molecule has 1 unspecified atom stereocenters. The quantitative estimate of drug-likeness (QED) is 0.628. The van der Waals surface area contributed by atoms with Gasteiger partial charge in [-0.25, -0.2) is 4.98 Å². The van der Waals surface area contributed by atoms with Gasteiger partial charge in [-0.15, -0.1) is 0 Å². The number of halogens is 3. The number of methoxy groups -OCH3 is 1. The molecule has 1 amide bonds. The fourth-order valence-electron chi connectivity index (χ4n) is 2.61. The van der Waals surface area contributed by atoms with Gasteiger partial charge < -0.3 is 24.5 Å². The lowest BCUT2D eigenvalue weighted by atomic mass is 9.97. The molecule has 10 heteroatoms. The van der Waals surface area contributed by atoms with Crippen LogP contribution in [0.1, 0.15) is 22.6 Å². The van der Waals surface area contributed by atoms with E-state index in [2.05, 4.69) is 10.3 Å². The minimum Gasteiger partial charge on any atom is -0.490 e. The van der Waals surface area contributed by atoms with Gasteiger partial charge in [0.15, 0.2) is 0 Å². The molecular formula is C18H22F3N3O4. The van der Waals surface area contributed by atoms with E-state index in [1.165, 1.54) is 26.4 Å². The maximum Gasteiger partial charge on any atom is 0.424 e. The molecule has 7 nitrogen and oxygen atoms in total. The Hall–Kier alpha value is -2.59. The van der Waals surface area contributed by atoms with Gasteiger partial charge in [0.05, 0.1) is 12.2 Å². The third-order valence-electron chi connectivity index (χ3n) is 4.11. The molecule has 2 aromatic rings. The third kappa shape index (κ3) is 4.82. The molecule has 0 radical (unpaired) electrons. The van der Waals surface area contributed by atoms with Crippen LogP contribution in [0.2, 0.25) is 0 Å². The Balaban J connectivity index is 2.07. The lowest BCUT2D eigenvalue weighted by molar-refractivity contribution is -0.272. The fraction of sp³-hybridized carbons (Fsp3) is 0.444. The van der Waals surface area contributed by atoms with Crippen molar-refractivity contribution in [2.45, 2.75) is 18.2 Å². The minimum absolute atomic E-state index is 0.172. The third-order valence-corrected chi connectivity index (χ3v) is 4.11. The molecule has 1 atom stereocenters. The first-order chi connectivity index (χ1) is 13.2. The molecule has 0 aliphatic carbocycles. The molecule has 2 N–H and O–H groups in total. The second kappa shape index (κ2) is 9.07. The molecule has 1 aromatic heterocycles. The van der Waals surface area contributed by atoms with Gasteiger partial charge in [0.25, 0.3) is 5.91 Å². The number of carbonyl (C=O) groups is 1. The molecule has 1 aromatic carbocycles. The predicted octanol–water partition coefficient (Wildman–Crippen LogP) is 2.02. The van der Waals surface area contributed by atoms with Crippen LogP contribution in [0.3, 0.4) is 0 Å². The lowest BCUT2D eigenvalue weighted by Gasteiger charge is -2.30. The number of rotatable bonds is 9. The van der Waals surface area contributed by atoms with E-state index in [9.17, 15) is 23.1 Å². The van der Waals surface area contributed by atoms with E-state index in [1.54, 1.807) is 18.2 Å². The zero-order valence-electron chi connectivity index (χ0n) is 15.5. The maximum absolute atomic E-state index is 13.5. The van der Waals surface area contributed by atoms with Gasteiger partial charge in [-0.1, -0.05) is 12.1 Å². The first kappa shape index (κ1) is 21.7. The minimum atomic E-state index is -4.96. The highest BCUT2D eigenvalue weighted by Crippen LogP contribution is 2.40. The second-order valence-electron chi connectivity index (χ2n) is 6.06. The number of aromatic nitrogens is 2. The maximum atomic E-state index is 13.5. The Bertz CT molecular complexity index is 794. The first-order valence-corrected chi connectivity index (χ1v) is 8.46. The van der Waals surface area contributed by atoms with Crippen molar-refractivity contribution in [3.63, 3.8) is 0 Å². The van der Waals surface area contributed by atoms with Gasteiger partial charge in [0.1, 0.15) is 18.2 Å². The van der Waals surface area contributed by atoms with Crippen molar-refractivity contribution < 1.29 is 32.5 Å². The number of hydrogen-bond acceptors (Lipinski definition) is 5. The van der Waals surface area contributed by atoms with Crippen molar-refractivity contribution in [1.82, 2.24) is 14.9 Å². The average Bonchev–Trinajstić information content (AvgIpc) is 3.07. The number of hydrogen-bond donors (Lipinski definition) is 2. The topological polar surface area (TPSA) is 85.6 Å². The fourth-order valence-corrected chi connectivity index (χ4v) is 2.61. The summed E-state index contributed by atoms with van der Waals surface area (Å²) in [5.74, 6) is -0.873. The molecule has 28 heavy (non-hydrogen) atoms. The summed E-state index contributed by atoms with van der Waals surface area (Å²) in [6.07, 6.45) is -3.28. The second-order valence-corrected chi connectivity index (χ2v) is 6.06. The van der Waals surface area contributed by atoms with Gasteiger partial charge in [-0.05, 0) is 12.1 Å². The van der Waals surface area contributed by atoms with Crippen LogP contribution in [0.25, 0.3) is 0 Å². The molecule has 0 aliphatic rings. The normalized spacial score (nSPS) is 13.8. The van der Waals surface area contributed by atoms with Gasteiger partial charge in [0, 0.05) is 39.5 Å². The highest BCUT2D eigenvalue weighted by atomic mass is 19.4. The zero-order valence-corrected chi connectivity index (χ0v) is 15.5. The molecule has 0 saturated carbocycles. The molecule has 2 rings (SSSR count). The molecular weight excluding hydrogens is 379 g/mol. The summed E-state index contributed by atoms with van der Waals surface area (Å²) >= 11 is 0. The number of benzene rings is 1. The smallest absolute Gasteiger partial charge is 0.424 e. The highest BCUT2D eigenvalue weighted by molar-refractivity contribution is 5.96. The molecule has 0 saturated heterocycles. The summed E-state index contributed by atoms with van der Waals surface area (Å²) in [6, 6.07) is 6.34. The number of aryl methyl sites for hydroxylation is 1. The predicted molar refractivity (Wildman–Crippen MR) is 93.9 cm³/mol. The molecule has 154 valence electrons. The van der Waals surface area contributed by atoms with Crippen molar-refractivity contribution >= 4 is 5.91 Å². The van der Waals surface area contributed by atoms with Crippen LogP contribution < -0.4 is 10.1 Å². The molecule has 0 spiro atoms. The number of nitrogens with zero attached hydrogens (tertiary/aromatic N) is 2. The number of para-hydroxylation sites is 1.